The van der Waals surface area contributed by atoms with Crippen LogP contribution in [0.15, 0.2) is 24.3 Å². The zero-order chi connectivity index (χ0) is 8.81. The van der Waals surface area contributed by atoms with Gasteiger partial charge in [-0.3, -0.25) is 0 Å². The van der Waals surface area contributed by atoms with Crippen LogP contribution >= 0.6 is 0 Å². The molecule has 12 heavy (non-hydrogen) atoms. The fraction of sp³-hybridized carbons (Fsp3) is 0.500. The molecule has 0 bridgehead atoms. The lowest BCUT2D eigenvalue weighted by Crippen LogP contribution is -1.98. The topological polar surface area (TPSA) is 0 Å². The zero-order valence-corrected chi connectivity index (χ0v) is 8.01. The Hall–Kier alpha value is -0.780. The molecule has 0 heteroatoms. The maximum Gasteiger partial charge on any atom is -0.0149 e. The van der Waals surface area contributed by atoms with Crippen LogP contribution in [0.5, 0.6) is 0 Å². The predicted octanol–water partition coefficient (Wildman–Crippen LogP) is 3.47. The molecule has 1 unspecified atom stereocenters. The Kier molecular flexibility index (Phi) is 3.86. The first-order valence-electron chi connectivity index (χ1n) is 4.78. The van der Waals surface area contributed by atoms with Gasteiger partial charge in [-0.25, -0.2) is 0 Å². The first-order chi connectivity index (χ1) is 5.83. The van der Waals surface area contributed by atoms with E-state index in [2.05, 4.69) is 32.0 Å². The molecule has 0 amide bonds. The summed E-state index contributed by atoms with van der Waals surface area (Å²) in [7, 11) is 0. The summed E-state index contributed by atoms with van der Waals surface area (Å²) in [5.41, 5.74) is 1.35. The Morgan fingerprint density at radius 2 is 2.25 bits per heavy atom. The zero-order valence-electron chi connectivity index (χ0n) is 8.01. The molecule has 0 aliphatic rings. The molecule has 1 aromatic carbocycles. The lowest BCUT2D eigenvalue weighted by molar-refractivity contribution is 0.522. The molecular formula is C12H17. The van der Waals surface area contributed by atoms with E-state index in [1.54, 1.807) is 0 Å². The summed E-state index contributed by atoms with van der Waals surface area (Å²) in [6, 6.07) is 11.5. The van der Waals surface area contributed by atoms with Crippen LogP contribution in [0.4, 0.5) is 0 Å². The summed E-state index contributed by atoms with van der Waals surface area (Å²) in [6.07, 6.45) is 3.78. The van der Waals surface area contributed by atoms with Gasteiger partial charge >= 0.3 is 0 Å². The van der Waals surface area contributed by atoms with Crippen LogP contribution in [0, 0.1) is 12.0 Å². The standard InChI is InChI=1S/C12H17/c1-3-7-11(2)10-12-8-5-4-6-9-12/h4-6,8,11H,3,7,10H2,1-2H3. The molecule has 0 N–H and O–H groups in total. The molecule has 0 heterocycles. The van der Waals surface area contributed by atoms with E-state index in [1.807, 2.05) is 12.1 Å². The fourth-order valence-electron chi connectivity index (χ4n) is 1.53. The molecule has 0 aliphatic heterocycles. The van der Waals surface area contributed by atoms with Gasteiger partial charge < -0.3 is 0 Å². The average molecular weight is 161 g/mol. The summed E-state index contributed by atoms with van der Waals surface area (Å²) in [5.74, 6) is 0.800. The summed E-state index contributed by atoms with van der Waals surface area (Å²) in [6.45, 7) is 4.55. The van der Waals surface area contributed by atoms with Gasteiger partial charge in [0.05, 0.1) is 0 Å². The molecular weight excluding hydrogens is 144 g/mol. The maximum atomic E-state index is 3.26. The first kappa shape index (κ1) is 9.31. The molecule has 0 aromatic heterocycles. The van der Waals surface area contributed by atoms with Gasteiger partial charge in [-0.1, -0.05) is 51.0 Å². The van der Waals surface area contributed by atoms with Crippen LogP contribution < -0.4 is 0 Å². The molecule has 0 aliphatic carbocycles. The number of rotatable bonds is 4. The molecule has 1 rings (SSSR count). The monoisotopic (exact) mass is 161 g/mol. The second-order valence-corrected chi connectivity index (χ2v) is 3.49. The van der Waals surface area contributed by atoms with E-state index in [-0.39, 0.29) is 0 Å². The maximum absolute atomic E-state index is 3.26. The van der Waals surface area contributed by atoms with Crippen LogP contribution in [0.25, 0.3) is 0 Å². The number of benzene rings is 1. The molecule has 0 spiro atoms. The minimum atomic E-state index is 0.800. The van der Waals surface area contributed by atoms with Crippen molar-refractivity contribution >= 4 is 0 Å². The SMILES string of the molecule is CCCC(C)Cc1[c]cccc1. The highest BCUT2D eigenvalue weighted by molar-refractivity contribution is 5.13. The van der Waals surface area contributed by atoms with E-state index in [0.717, 1.165) is 5.92 Å². The summed E-state index contributed by atoms with van der Waals surface area (Å²) in [5, 5.41) is 0. The Labute approximate surface area is 75.6 Å². The molecule has 1 radical (unpaired) electrons. The van der Waals surface area contributed by atoms with E-state index in [9.17, 15) is 0 Å². The fourth-order valence-corrected chi connectivity index (χ4v) is 1.53. The summed E-state index contributed by atoms with van der Waals surface area (Å²) >= 11 is 0. The predicted molar refractivity (Wildman–Crippen MR) is 53.1 cm³/mol. The van der Waals surface area contributed by atoms with Crippen molar-refractivity contribution in [2.24, 2.45) is 5.92 Å². The van der Waals surface area contributed by atoms with E-state index in [4.69, 9.17) is 0 Å². The van der Waals surface area contributed by atoms with Crippen LogP contribution in [0.3, 0.4) is 0 Å². The third-order valence-electron chi connectivity index (χ3n) is 2.12. The highest BCUT2D eigenvalue weighted by Gasteiger charge is 2.01. The van der Waals surface area contributed by atoms with E-state index in [1.165, 1.54) is 24.8 Å². The van der Waals surface area contributed by atoms with Gasteiger partial charge in [0.15, 0.2) is 0 Å². The van der Waals surface area contributed by atoms with Crippen LogP contribution in [-0.2, 0) is 6.42 Å². The van der Waals surface area contributed by atoms with Crippen molar-refractivity contribution < 1.29 is 0 Å². The van der Waals surface area contributed by atoms with Crippen molar-refractivity contribution in [3.63, 3.8) is 0 Å². The molecule has 65 valence electrons. The Morgan fingerprint density at radius 1 is 1.42 bits per heavy atom. The van der Waals surface area contributed by atoms with Crippen molar-refractivity contribution in [3.05, 3.63) is 35.9 Å². The molecule has 1 atom stereocenters. The van der Waals surface area contributed by atoms with Gasteiger partial charge in [-0.2, -0.15) is 0 Å². The molecule has 0 saturated carbocycles. The normalized spacial score (nSPS) is 12.8. The van der Waals surface area contributed by atoms with Gasteiger partial charge in [-0.05, 0) is 24.0 Å². The van der Waals surface area contributed by atoms with Gasteiger partial charge in [0.25, 0.3) is 0 Å². The lowest BCUT2D eigenvalue weighted by atomic mass is 9.97. The van der Waals surface area contributed by atoms with Gasteiger partial charge in [0.2, 0.25) is 0 Å². The average Bonchev–Trinajstić information content (AvgIpc) is 2.06. The second kappa shape index (κ2) is 4.97. The third kappa shape index (κ3) is 3.08. The second-order valence-electron chi connectivity index (χ2n) is 3.49. The molecule has 0 saturated heterocycles. The highest BCUT2D eigenvalue weighted by atomic mass is 14.1. The summed E-state index contributed by atoms with van der Waals surface area (Å²) < 4.78 is 0. The van der Waals surface area contributed by atoms with Crippen molar-refractivity contribution in [2.75, 3.05) is 0 Å². The quantitative estimate of drug-likeness (QED) is 0.634. The molecule has 0 fully saturated rings. The summed E-state index contributed by atoms with van der Waals surface area (Å²) in [4.78, 5) is 0. The van der Waals surface area contributed by atoms with Crippen molar-refractivity contribution in [3.8, 4) is 0 Å². The Balaban J connectivity index is 2.41. The minimum absolute atomic E-state index is 0.800. The third-order valence-corrected chi connectivity index (χ3v) is 2.12. The largest absolute Gasteiger partial charge is 0.0654 e. The number of hydrogen-bond acceptors (Lipinski definition) is 0. The van der Waals surface area contributed by atoms with Crippen molar-refractivity contribution in [1.29, 1.82) is 0 Å². The van der Waals surface area contributed by atoms with Crippen molar-refractivity contribution in [1.82, 2.24) is 0 Å². The smallest absolute Gasteiger partial charge is 0.0149 e. The van der Waals surface area contributed by atoms with Gasteiger partial charge in [0.1, 0.15) is 0 Å². The highest BCUT2D eigenvalue weighted by Crippen LogP contribution is 2.12. The van der Waals surface area contributed by atoms with Gasteiger partial charge in [-0.15, -0.1) is 0 Å². The van der Waals surface area contributed by atoms with E-state index in [0.29, 0.717) is 0 Å². The van der Waals surface area contributed by atoms with E-state index >= 15 is 0 Å². The van der Waals surface area contributed by atoms with E-state index < -0.39 is 0 Å². The Bertz CT molecular complexity index is 201. The van der Waals surface area contributed by atoms with Crippen LogP contribution in [0.1, 0.15) is 32.3 Å². The molecule has 1 aromatic rings. The van der Waals surface area contributed by atoms with Crippen LogP contribution in [0.2, 0.25) is 0 Å². The minimum Gasteiger partial charge on any atom is -0.0654 e. The Morgan fingerprint density at radius 3 is 2.83 bits per heavy atom. The first-order valence-corrected chi connectivity index (χ1v) is 4.78. The molecule has 0 nitrogen and oxygen atoms in total. The van der Waals surface area contributed by atoms with Crippen molar-refractivity contribution in [2.45, 2.75) is 33.1 Å². The van der Waals surface area contributed by atoms with Gasteiger partial charge in [0, 0.05) is 0 Å². The van der Waals surface area contributed by atoms with Crippen LogP contribution in [-0.4, -0.2) is 0 Å². The lowest BCUT2D eigenvalue weighted by Gasteiger charge is -2.08. The number of hydrogen-bond donors (Lipinski definition) is 0.